The lowest BCUT2D eigenvalue weighted by Gasteiger charge is -2.07. The number of carbonyl (C=O) groups is 1. The summed E-state index contributed by atoms with van der Waals surface area (Å²) in [5.74, 6) is 0.381. The lowest BCUT2D eigenvalue weighted by Crippen LogP contribution is -2.14. The van der Waals surface area contributed by atoms with Crippen LogP contribution in [0.25, 0.3) is 0 Å². The molecule has 2 N–H and O–H groups in total. The summed E-state index contributed by atoms with van der Waals surface area (Å²) in [7, 11) is 0. The summed E-state index contributed by atoms with van der Waals surface area (Å²) in [4.78, 5) is 13.0. The Kier molecular flexibility index (Phi) is 4.49. The zero-order valence-electron chi connectivity index (χ0n) is 12.2. The number of H-pyrrole nitrogens is 1. The molecule has 1 aromatic heterocycles. The van der Waals surface area contributed by atoms with Crippen molar-refractivity contribution in [1.82, 2.24) is 10.2 Å². The molecule has 1 aromatic carbocycles. The molecule has 4 nitrogen and oxygen atoms in total. The summed E-state index contributed by atoms with van der Waals surface area (Å²) >= 11 is 1.51. The summed E-state index contributed by atoms with van der Waals surface area (Å²) in [6.45, 7) is 8.00. The fraction of sp³-hybridized carbons (Fsp3) is 0.333. The molecule has 0 fully saturated rings. The van der Waals surface area contributed by atoms with E-state index in [1.54, 1.807) is 0 Å². The number of benzene rings is 1. The van der Waals surface area contributed by atoms with E-state index in [0.717, 1.165) is 22.0 Å². The van der Waals surface area contributed by atoms with Gasteiger partial charge in [-0.2, -0.15) is 5.10 Å². The Hall–Kier alpha value is -1.75. The normalized spacial score (nSPS) is 10.6. The van der Waals surface area contributed by atoms with Gasteiger partial charge in [0.2, 0.25) is 5.91 Å². The number of aromatic nitrogens is 2. The maximum atomic E-state index is 12.0. The smallest absolute Gasteiger partial charge is 0.234 e. The Balaban J connectivity index is 1.94. The van der Waals surface area contributed by atoms with Crippen LogP contribution in [0, 0.1) is 27.7 Å². The average molecular weight is 289 g/mol. The molecule has 0 aliphatic rings. The lowest BCUT2D eigenvalue weighted by atomic mass is 10.1. The van der Waals surface area contributed by atoms with Crippen molar-refractivity contribution in [2.24, 2.45) is 0 Å². The van der Waals surface area contributed by atoms with Crippen molar-refractivity contribution in [3.05, 3.63) is 40.7 Å². The number of rotatable bonds is 4. The van der Waals surface area contributed by atoms with E-state index in [1.165, 1.54) is 22.9 Å². The molecule has 0 saturated heterocycles. The van der Waals surface area contributed by atoms with Crippen molar-refractivity contribution >= 4 is 23.4 Å². The number of hydrogen-bond acceptors (Lipinski definition) is 3. The molecule has 0 aliphatic heterocycles. The molecule has 20 heavy (non-hydrogen) atoms. The quantitative estimate of drug-likeness (QED) is 0.848. The summed E-state index contributed by atoms with van der Waals surface area (Å²) in [5.41, 5.74) is 5.19. The molecule has 0 aliphatic carbocycles. The van der Waals surface area contributed by atoms with Gasteiger partial charge in [-0.1, -0.05) is 6.07 Å². The van der Waals surface area contributed by atoms with Crippen LogP contribution in [0.2, 0.25) is 0 Å². The minimum absolute atomic E-state index is 0.00162. The molecule has 1 heterocycles. The number of aromatic amines is 1. The van der Waals surface area contributed by atoms with Crippen LogP contribution < -0.4 is 5.32 Å². The molecule has 106 valence electrons. The molecule has 0 saturated carbocycles. The molecule has 0 unspecified atom stereocenters. The number of anilines is 1. The topological polar surface area (TPSA) is 57.8 Å². The second kappa shape index (κ2) is 6.13. The number of thioether (sulfide) groups is 1. The van der Waals surface area contributed by atoms with Gasteiger partial charge in [-0.05, 0) is 51.0 Å². The van der Waals surface area contributed by atoms with Crippen molar-refractivity contribution in [3.63, 3.8) is 0 Å². The van der Waals surface area contributed by atoms with Gasteiger partial charge in [-0.3, -0.25) is 9.89 Å². The van der Waals surface area contributed by atoms with E-state index < -0.39 is 0 Å². The van der Waals surface area contributed by atoms with Crippen LogP contribution in [0.5, 0.6) is 0 Å². The average Bonchev–Trinajstić information content (AvgIpc) is 2.71. The van der Waals surface area contributed by atoms with Crippen LogP contribution in [0.3, 0.4) is 0 Å². The van der Waals surface area contributed by atoms with Crippen molar-refractivity contribution in [2.75, 3.05) is 11.1 Å². The maximum Gasteiger partial charge on any atom is 0.234 e. The Morgan fingerprint density at radius 3 is 2.60 bits per heavy atom. The SMILES string of the molecule is Cc1ccc(NC(=O)CSc2c(C)n[nH]c2C)cc1C. The van der Waals surface area contributed by atoms with Gasteiger partial charge in [-0.25, -0.2) is 0 Å². The molecule has 5 heteroatoms. The largest absolute Gasteiger partial charge is 0.325 e. The van der Waals surface area contributed by atoms with E-state index in [1.807, 2.05) is 39.0 Å². The van der Waals surface area contributed by atoms with Gasteiger partial charge >= 0.3 is 0 Å². The fourth-order valence-electron chi connectivity index (χ4n) is 1.91. The molecule has 1 amide bonds. The second-order valence-corrected chi connectivity index (χ2v) is 5.88. The number of nitrogens with one attached hydrogen (secondary N) is 2. The fourth-order valence-corrected chi connectivity index (χ4v) is 2.77. The first-order valence-electron chi connectivity index (χ1n) is 6.49. The minimum Gasteiger partial charge on any atom is -0.325 e. The summed E-state index contributed by atoms with van der Waals surface area (Å²) in [6, 6.07) is 5.94. The molecule has 0 atom stereocenters. The minimum atomic E-state index is -0.00162. The van der Waals surface area contributed by atoms with Crippen molar-refractivity contribution in [3.8, 4) is 0 Å². The third-order valence-electron chi connectivity index (χ3n) is 3.20. The van der Waals surface area contributed by atoms with Crippen LogP contribution in [0.4, 0.5) is 5.69 Å². The summed E-state index contributed by atoms with van der Waals surface area (Å²) in [5, 5.41) is 9.96. The molecular weight excluding hydrogens is 270 g/mol. The third kappa shape index (κ3) is 3.42. The van der Waals surface area contributed by atoms with Gasteiger partial charge in [-0.15, -0.1) is 11.8 Å². The Bertz CT molecular complexity index is 615. The number of nitrogens with zero attached hydrogens (tertiary/aromatic N) is 1. The molecule has 2 aromatic rings. The maximum absolute atomic E-state index is 12.0. The van der Waals surface area contributed by atoms with Gasteiger partial charge < -0.3 is 5.32 Å². The highest BCUT2D eigenvalue weighted by Crippen LogP contribution is 2.24. The number of amides is 1. The highest BCUT2D eigenvalue weighted by atomic mass is 32.2. The first kappa shape index (κ1) is 14.7. The molecule has 0 radical (unpaired) electrons. The van der Waals surface area contributed by atoms with Crippen LogP contribution in [0.15, 0.2) is 23.1 Å². The highest BCUT2D eigenvalue weighted by molar-refractivity contribution is 8.00. The van der Waals surface area contributed by atoms with Crippen LogP contribution in [0.1, 0.15) is 22.5 Å². The molecule has 2 rings (SSSR count). The second-order valence-electron chi connectivity index (χ2n) is 4.90. The van der Waals surface area contributed by atoms with E-state index in [-0.39, 0.29) is 5.91 Å². The van der Waals surface area contributed by atoms with Gasteiger partial charge in [0.25, 0.3) is 0 Å². The predicted octanol–water partition coefficient (Wildman–Crippen LogP) is 3.37. The highest BCUT2D eigenvalue weighted by Gasteiger charge is 2.10. The Labute approximate surface area is 123 Å². The summed E-state index contributed by atoms with van der Waals surface area (Å²) in [6.07, 6.45) is 0. The number of carbonyl (C=O) groups excluding carboxylic acids is 1. The lowest BCUT2D eigenvalue weighted by molar-refractivity contribution is -0.113. The Morgan fingerprint density at radius 2 is 2.00 bits per heavy atom. The number of aryl methyl sites for hydroxylation is 4. The van der Waals surface area contributed by atoms with Gasteiger partial charge in [0.05, 0.1) is 16.3 Å². The van der Waals surface area contributed by atoms with Crippen molar-refractivity contribution in [1.29, 1.82) is 0 Å². The standard InChI is InChI=1S/C15H19N3OS/c1-9-5-6-13(7-10(9)2)16-14(19)8-20-15-11(3)17-18-12(15)4/h5-7H,8H2,1-4H3,(H,16,19)(H,17,18). The van der Waals surface area contributed by atoms with Crippen molar-refractivity contribution < 1.29 is 4.79 Å². The van der Waals surface area contributed by atoms with Crippen molar-refractivity contribution in [2.45, 2.75) is 32.6 Å². The van der Waals surface area contributed by atoms with Crippen LogP contribution >= 0.6 is 11.8 Å². The molecule has 0 bridgehead atoms. The summed E-state index contributed by atoms with van der Waals surface area (Å²) < 4.78 is 0. The van der Waals surface area contributed by atoms with E-state index >= 15 is 0 Å². The molecule has 0 spiro atoms. The number of hydrogen-bond donors (Lipinski definition) is 2. The van der Waals surface area contributed by atoms with Gasteiger partial charge in [0.1, 0.15) is 0 Å². The third-order valence-corrected chi connectivity index (χ3v) is 4.50. The van der Waals surface area contributed by atoms with Crippen LogP contribution in [-0.2, 0) is 4.79 Å². The predicted molar refractivity (Wildman–Crippen MR) is 83.3 cm³/mol. The first-order valence-corrected chi connectivity index (χ1v) is 7.47. The van der Waals surface area contributed by atoms with Crippen LogP contribution in [-0.4, -0.2) is 21.9 Å². The van der Waals surface area contributed by atoms with E-state index in [2.05, 4.69) is 22.4 Å². The monoisotopic (exact) mass is 289 g/mol. The Morgan fingerprint density at radius 1 is 1.25 bits per heavy atom. The van der Waals surface area contributed by atoms with Gasteiger partial charge in [0.15, 0.2) is 0 Å². The van der Waals surface area contributed by atoms with E-state index in [4.69, 9.17) is 0 Å². The molecular formula is C15H19N3OS. The van der Waals surface area contributed by atoms with Gasteiger partial charge in [0, 0.05) is 11.4 Å². The van der Waals surface area contributed by atoms with E-state index in [9.17, 15) is 4.79 Å². The zero-order valence-corrected chi connectivity index (χ0v) is 13.0. The zero-order chi connectivity index (χ0) is 14.7. The van der Waals surface area contributed by atoms with E-state index in [0.29, 0.717) is 5.75 Å². The first-order chi connectivity index (χ1) is 9.47.